The van der Waals surface area contributed by atoms with Crippen LogP contribution in [0.1, 0.15) is 23.0 Å². The Hall–Kier alpha value is -1.58. The Labute approximate surface area is 77.3 Å². The summed E-state index contributed by atoms with van der Waals surface area (Å²) in [6, 6.07) is 0. The van der Waals surface area contributed by atoms with Crippen molar-refractivity contribution in [3.8, 4) is 0 Å². The molecule has 1 aromatic heterocycles. The molecular weight excluding hydrogens is 166 g/mol. The summed E-state index contributed by atoms with van der Waals surface area (Å²) in [6.07, 6.45) is 1.62. The van der Waals surface area contributed by atoms with E-state index in [0.29, 0.717) is 11.4 Å². The largest absolute Gasteiger partial charge is 0.315 e. The molecule has 1 rings (SSSR count). The minimum absolute atomic E-state index is 0.109. The maximum atomic E-state index is 11.7. The number of hydrogen-bond acceptors (Lipinski definition) is 2. The van der Waals surface area contributed by atoms with Crippen LogP contribution >= 0.6 is 0 Å². The predicted octanol–water partition coefficient (Wildman–Crippen LogP) is 1.32. The van der Waals surface area contributed by atoms with Crippen molar-refractivity contribution in [2.24, 2.45) is 0 Å². The Kier molecular flexibility index (Phi) is 2.51. The average Bonchev–Trinajstić information content (AvgIpc) is 2.48. The molecule has 0 fully saturated rings. The summed E-state index contributed by atoms with van der Waals surface area (Å²) in [5.74, 6) is -0.109. The molecule has 1 N–H and O–H groups in total. The number of H-pyrrole nitrogens is 1. The number of nitrogens with one attached hydrogen (secondary N) is 1. The lowest BCUT2D eigenvalue weighted by atomic mass is 10.2. The molecular formula is C9H13N3O. The lowest BCUT2D eigenvalue weighted by Gasteiger charge is -2.15. The number of rotatable bonds is 2. The van der Waals surface area contributed by atoms with E-state index >= 15 is 0 Å². The number of aryl methyl sites for hydroxylation is 1. The molecule has 0 aromatic carbocycles. The molecule has 0 atom stereocenters. The number of aromatic nitrogens is 2. The van der Waals surface area contributed by atoms with E-state index in [9.17, 15) is 4.79 Å². The highest BCUT2D eigenvalue weighted by Gasteiger charge is 2.15. The molecule has 13 heavy (non-hydrogen) atoms. The van der Waals surface area contributed by atoms with Gasteiger partial charge in [0.05, 0.1) is 6.20 Å². The SMILES string of the molecule is C=C(C)N(C)C(=O)c1[nH]ncc1C. The van der Waals surface area contributed by atoms with Crippen LogP contribution in [0.2, 0.25) is 0 Å². The van der Waals surface area contributed by atoms with Gasteiger partial charge < -0.3 is 4.90 Å². The number of hydrogen-bond donors (Lipinski definition) is 1. The van der Waals surface area contributed by atoms with Crippen molar-refractivity contribution in [1.29, 1.82) is 0 Å². The van der Waals surface area contributed by atoms with Crippen LogP contribution in [0.3, 0.4) is 0 Å². The standard InChI is InChI=1S/C9H13N3O/c1-6(2)12(4)9(13)8-7(3)5-10-11-8/h5H,1H2,2-4H3,(H,10,11). The van der Waals surface area contributed by atoms with Crippen molar-refractivity contribution in [2.45, 2.75) is 13.8 Å². The summed E-state index contributed by atoms with van der Waals surface area (Å²) in [5, 5.41) is 6.44. The van der Waals surface area contributed by atoms with Gasteiger partial charge in [-0.15, -0.1) is 0 Å². The molecule has 0 saturated heterocycles. The van der Waals surface area contributed by atoms with Crippen LogP contribution < -0.4 is 0 Å². The second kappa shape index (κ2) is 3.43. The number of carbonyl (C=O) groups excluding carboxylic acids is 1. The highest BCUT2D eigenvalue weighted by atomic mass is 16.2. The molecule has 0 aliphatic rings. The molecule has 0 unspecified atom stereocenters. The lowest BCUT2D eigenvalue weighted by molar-refractivity contribution is 0.0831. The molecule has 70 valence electrons. The number of allylic oxidation sites excluding steroid dienone is 1. The third-order valence-corrected chi connectivity index (χ3v) is 1.92. The highest BCUT2D eigenvalue weighted by molar-refractivity contribution is 5.94. The molecule has 4 heteroatoms. The number of carbonyl (C=O) groups is 1. The van der Waals surface area contributed by atoms with Crippen LogP contribution in [0.15, 0.2) is 18.5 Å². The van der Waals surface area contributed by atoms with Gasteiger partial charge in [-0.2, -0.15) is 5.10 Å². The number of nitrogens with zero attached hydrogens (tertiary/aromatic N) is 2. The van der Waals surface area contributed by atoms with Crippen LogP contribution in [0.5, 0.6) is 0 Å². The fraction of sp³-hybridized carbons (Fsp3) is 0.333. The second-order valence-electron chi connectivity index (χ2n) is 3.03. The van der Waals surface area contributed by atoms with Crippen molar-refractivity contribution >= 4 is 5.91 Å². The van der Waals surface area contributed by atoms with Crippen molar-refractivity contribution in [3.63, 3.8) is 0 Å². The molecule has 1 heterocycles. The fourth-order valence-electron chi connectivity index (χ4n) is 0.904. The minimum Gasteiger partial charge on any atom is -0.315 e. The van der Waals surface area contributed by atoms with Gasteiger partial charge in [0.2, 0.25) is 0 Å². The quantitative estimate of drug-likeness (QED) is 0.744. The Bertz CT molecular complexity index is 340. The average molecular weight is 179 g/mol. The summed E-state index contributed by atoms with van der Waals surface area (Å²) in [5.41, 5.74) is 2.07. The number of amides is 1. The molecule has 0 bridgehead atoms. The first kappa shape index (κ1) is 9.51. The van der Waals surface area contributed by atoms with E-state index < -0.39 is 0 Å². The van der Waals surface area contributed by atoms with Gasteiger partial charge >= 0.3 is 0 Å². The van der Waals surface area contributed by atoms with E-state index in [1.807, 2.05) is 6.92 Å². The van der Waals surface area contributed by atoms with Crippen molar-refractivity contribution in [2.75, 3.05) is 7.05 Å². The van der Waals surface area contributed by atoms with E-state index in [0.717, 1.165) is 5.56 Å². The molecule has 0 aliphatic heterocycles. The second-order valence-corrected chi connectivity index (χ2v) is 3.03. The van der Waals surface area contributed by atoms with Crippen LogP contribution in [-0.2, 0) is 0 Å². The first-order valence-electron chi connectivity index (χ1n) is 3.97. The molecule has 1 aromatic rings. The zero-order valence-electron chi connectivity index (χ0n) is 8.09. The lowest BCUT2D eigenvalue weighted by Crippen LogP contribution is -2.25. The maximum Gasteiger partial charge on any atom is 0.275 e. The van der Waals surface area contributed by atoms with Crippen LogP contribution in [0.25, 0.3) is 0 Å². The summed E-state index contributed by atoms with van der Waals surface area (Å²) >= 11 is 0. The maximum absolute atomic E-state index is 11.7. The highest BCUT2D eigenvalue weighted by Crippen LogP contribution is 2.08. The van der Waals surface area contributed by atoms with E-state index in [1.54, 1.807) is 20.2 Å². The Morgan fingerprint density at radius 2 is 2.31 bits per heavy atom. The summed E-state index contributed by atoms with van der Waals surface area (Å²) in [6.45, 7) is 7.30. The van der Waals surface area contributed by atoms with Crippen LogP contribution in [-0.4, -0.2) is 28.1 Å². The Morgan fingerprint density at radius 1 is 1.69 bits per heavy atom. The predicted molar refractivity (Wildman–Crippen MR) is 50.2 cm³/mol. The van der Waals surface area contributed by atoms with E-state index in [-0.39, 0.29) is 5.91 Å². The third-order valence-electron chi connectivity index (χ3n) is 1.92. The van der Waals surface area contributed by atoms with Crippen molar-refractivity contribution in [3.05, 3.63) is 29.7 Å². The zero-order chi connectivity index (χ0) is 10.0. The van der Waals surface area contributed by atoms with E-state index in [4.69, 9.17) is 0 Å². The Balaban J connectivity index is 2.92. The molecule has 1 amide bonds. The van der Waals surface area contributed by atoms with Gasteiger partial charge in [0.15, 0.2) is 0 Å². The molecule has 0 aliphatic carbocycles. The van der Waals surface area contributed by atoms with E-state index in [2.05, 4.69) is 16.8 Å². The normalized spacial score (nSPS) is 9.77. The first-order valence-corrected chi connectivity index (χ1v) is 3.97. The fourth-order valence-corrected chi connectivity index (χ4v) is 0.904. The summed E-state index contributed by atoms with van der Waals surface area (Å²) < 4.78 is 0. The van der Waals surface area contributed by atoms with Crippen molar-refractivity contribution in [1.82, 2.24) is 15.1 Å². The molecule has 0 radical (unpaired) electrons. The molecule has 0 spiro atoms. The van der Waals surface area contributed by atoms with Gasteiger partial charge in [-0.1, -0.05) is 6.58 Å². The number of aromatic amines is 1. The minimum atomic E-state index is -0.109. The third kappa shape index (κ3) is 1.77. The smallest absolute Gasteiger partial charge is 0.275 e. The summed E-state index contributed by atoms with van der Waals surface area (Å²) in [4.78, 5) is 13.1. The van der Waals surface area contributed by atoms with Crippen molar-refractivity contribution < 1.29 is 4.79 Å². The molecule has 0 saturated carbocycles. The van der Waals surface area contributed by atoms with Gasteiger partial charge in [0.1, 0.15) is 5.69 Å². The van der Waals surface area contributed by atoms with Gasteiger partial charge in [-0.25, -0.2) is 0 Å². The monoisotopic (exact) mass is 179 g/mol. The van der Waals surface area contributed by atoms with Gasteiger partial charge in [0, 0.05) is 12.7 Å². The van der Waals surface area contributed by atoms with E-state index in [1.165, 1.54) is 4.90 Å². The van der Waals surface area contributed by atoms with Crippen LogP contribution in [0, 0.1) is 6.92 Å². The van der Waals surface area contributed by atoms with Gasteiger partial charge in [-0.3, -0.25) is 9.89 Å². The van der Waals surface area contributed by atoms with Gasteiger partial charge in [0.25, 0.3) is 5.91 Å². The Morgan fingerprint density at radius 3 is 2.69 bits per heavy atom. The van der Waals surface area contributed by atoms with Gasteiger partial charge in [-0.05, 0) is 19.4 Å². The topological polar surface area (TPSA) is 49.0 Å². The zero-order valence-corrected chi connectivity index (χ0v) is 8.09. The molecule has 4 nitrogen and oxygen atoms in total. The summed E-state index contributed by atoms with van der Waals surface area (Å²) in [7, 11) is 1.69. The van der Waals surface area contributed by atoms with Crippen LogP contribution in [0.4, 0.5) is 0 Å². The first-order chi connectivity index (χ1) is 6.04.